The van der Waals surface area contributed by atoms with E-state index in [1.54, 1.807) is 0 Å². The Bertz CT molecular complexity index is 825. The van der Waals surface area contributed by atoms with Crippen molar-refractivity contribution in [3.63, 3.8) is 0 Å². The standard InChI is InChI=1S/C22H29N3O4/c26-19(24-23-13-18-5-6-20(29-18)25(27)28)12-21-8-15-7-16(9-21)11-22(10-15,14-21)17-3-1-2-4-17/h5-6,13,15-17H,1-4,7-12,14H2,(H,24,26)/b23-13+/t15-,16+,21?,22?. The highest BCUT2D eigenvalue weighted by atomic mass is 16.6. The number of carbonyl (C=O) groups is 1. The van der Waals surface area contributed by atoms with Crippen LogP contribution in [0.4, 0.5) is 5.88 Å². The van der Waals surface area contributed by atoms with Gasteiger partial charge in [0.2, 0.25) is 5.91 Å². The van der Waals surface area contributed by atoms with Crippen LogP contribution in [0, 0.1) is 38.7 Å². The molecule has 4 bridgehead atoms. The maximum absolute atomic E-state index is 12.7. The third-order valence-electron chi connectivity index (χ3n) is 8.16. The van der Waals surface area contributed by atoms with Crippen LogP contribution in [0.5, 0.6) is 0 Å². The van der Waals surface area contributed by atoms with Gasteiger partial charge in [0.1, 0.15) is 4.92 Å². The summed E-state index contributed by atoms with van der Waals surface area (Å²) < 4.78 is 5.03. The summed E-state index contributed by atoms with van der Waals surface area (Å²) in [7, 11) is 0. The SMILES string of the molecule is O=C(CC12C[C@H]3C[C@@H](C1)CC(C1CCCC1)(C3)C2)N/N=C/c1ccc([N+](=O)[O-])o1. The van der Waals surface area contributed by atoms with Crippen LogP contribution in [-0.4, -0.2) is 17.0 Å². The minimum Gasteiger partial charge on any atom is -0.400 e. The number of nitrogens with zero attached hydrogens (tertiary/aromatic N) is 2. The third kappa shape index (κ3) is 3.49. The molecule has 1 aromatic rings. The molecule has 1 N–H and O–H groups in total. The zero-order chi connectivity index (χ0) is 20.1. The quantitative estimate of drug-likeness (QED) is 0.422. The van der Waals surface area contributed by atoms with Gasteiger partial charge < -0.3 is 4.42 Å². The Labute approximate surface area is 170 Å². The van der Waals surface area contributed by atoms with E-state index in [1.807, 2.05) is 0 Å². The van der Waals surface area contributed by atoms with Gasteiger partial charge in [-0.05, 0) is 86.0 Å². The predicted octanol–water partition coefficient (Wildman–Crippen LogP) is 4.80. The molecule has 7 nitrogen and oxygen atoms in total. The van der Waals surface area contributed by atoms with Crippen LogP contribution in [0.2, 0.25) is 0 Å². The molecule has 0 spiro atoms. The van der Waals surface area contributed by atoms with E-state index in [4.69, 9.17) is 4.42 Å². The molecule has 1 aromatic heterocycles. The second-order valence-corrected chi connectivity index (χ2v) is 10.2. The van der Waals surface area contributed by atoms with Gasteiger partial charge in [-0.1, -0.05) is 12.8 Å². The fourth-order valence-electron chi connectivity index (χ4n) is 7.81. The summed E-state index contributed by atoms with van der Waals surface area (Å²) in [6.45, 7) is 0. The van der Waals surface area contributed by atoms with Crippen LogP contribution in [-0.2, 0) is 4.79 Å². The summed E-state index contributed by atoms with van der Waals surface area (Å²) in [6, 6.07) is 2.75. The maximum Gasteiger partial charge on any atom is 0.433 e. The molecule has 4 atom stereocenters. The lowest BCUT2D eigenvalue weighted by atomic mass is 9.41. The molecule has 29 heavy (non-hydrogen) atoms. The lowest BCUT2D eigenvalue weighted by molar-refractivity contribution is -0.402. The van der Waals surface area contributed by atoms with E-state index in [2.05, 4.69) is 10.5 Å². The molecule has 1 amide bonds. The van der Waals surface area contributed by atoms with E-state index >= 15 is 0 Å². The fourth-order valence-corrected chi connectivity index (χ4v) is 7.81. The van der Waals surface area contributed by atoms with Gasteiger partial charge >= 0.3 is 5.88 Å². The van der Waals surface area contributed by atoms with Crippen molar-refractivity contribution < 1.29 is 14.1 Å². The number of hydrazone groups is 1. The van der Waals surface area contributed by atoms with Crippen molar-refractivity contribution in [2.75, 3.05) is 0 Å². The lowest BCUT2D eigenvalue weighted by Gasteiger charge is -2.64. The number of rotatable bonds is 6. The average molecular weight is 399 g/mol. The van der Waals surface area contributed by atoms with E-state index in [0.717, 1.165) is 17.8 Å². The van der Waals surface area contributed by atoms with Crippen LogP contribution < -0.4 is 5.43 Å². The molecule has 2 unspecified atom stereocenters. The summed E-state index contributed by atoms with van der Waals surface area (Å²) in [5.74, 6) is 2.36. The molecule has 5 aliphatic carbocycles. The molecule has 0 aliphatic heterocycles. The topological polar surface area (TPSA) is 97.7 Å². The Morgan fingerprint density at radius 3 is 2.62 bits per heavy atom. The number of furan rings is 1. The van der Waals surface area contributed by atoms with Gasteiger partial charge in [0.15, 0.2) is 5.76 Å². The van der Waals surface area contributed by atoms with Crippen LogP contribution >= 0.6 is 0 Å². The number of nitro groups is 1. The Morgan fingerprint density at radius 2 is 1.97 bits per heavy atom. The van der Waals surface area contributed by atoms with E-state index in [-0.39, 0.29) is 23.0 Å². The number of nitrogens with one attached hydrogen (secondary N) is 1. The molecule has 5 saturated carbocycles. The van der Waals surface area contributed by atoms with Crippen molar-refractivity contribution in [2.24, 2.45) is 33.7 Å². The molecule has 5 aliphatic rings. The van der Waals surface area contributed by atoms with Gasteiger partial charge in [-0.3, -0.25) is 14.9 Å². The zero-order valence-corrected chi connectivity index (χ0v) is 16.8. The number of hydrogen-bond acceptors (Lipinski definition) is 5. The van der Waals surface area contributed by atoms with E-state index in [0.29, 0.717) is 11.8 Å². The molecule has 7 heteroatoms. The highest BCUT2D eigenvalue weighted by molar-refractivity contribution is 5.80. The van der Waals surface area contributed by atoms with Crippen LogP contribution in [0.25, 0.3) is 0 Å². The van der Waals surface area contributed by atoms with Crippen molar-refractivity contribution in [2.45, 2.75) is 70.6 Å². The monoisotopic (exact) mass is 399 g/mol. The highest BCUT2D eigenvalue weighted by Gasteiger charge is 2.60. The minimum absolute atomic E-state index is 0.0502. The van der Waals surface area contributed by atoms with Crippen molar-refractivity contribution in [3.8, 4) is 0 Å². The van der Waals surface area contributed by atoms with Gasteiger partial charge in [-0.25, -0.2) is 5.43 Å². The summed E-state index contributed by atoms with van der Waals surface area (Å²) >= 11 is 0. The number of carbonyl (C=O) groups excluding carboxylic acids is 1. The van der Waals surface area contributed by atoms with Crippen LogP contribution in [0.15, 0.2) is 21.7 Å². The summed E-state index contributed by atoms with van der Waals surface area (Å²) in [5, 5.41) is 14.6. The second-order valence-electron chi connectivity index (χ2n) is 10.2. The van der Waals surface area contributed by atoms with E-state index in [1.165, 1.54) is 82.6 Å². The molecule has 0 aromatic carbocycles. The molecular weight excluding hydrogens is 370 g/mol. The van der Waals surface area contributed by atoms with Crippen LogP contribution in [0.1, 0.15) is 76.4 Å². The van der Waals surface area contributed by atoms with Crippen molar-refractivity contribution >= 4 is 18.0 Å². The smallest absolute Gasteiger partial charge is 0.400 e. The first-order valence-corrected chi connectivity index (χ1v) is 11.0. The van der Waals surface area contributed by atoms with Crippen molar-refractivity contribution in [3.05, 3.63) is 28.0 Å². The lowest BCUT2D eigenvalue weighted by Crippen LogP contribution is -2.55. The highest BCUT2D eigenvalue weighted by Crippen LogP contribution is 2.69. The van der Waals surface area contributed by atoms with Crippen molar-refractivity contribution in [1.82, 2.24) is 5.43 Å². The van der Waals surface area contributed by atoms with Gasteiger partial charge in [0.25, 0.3) is 0 Å². The molecule has 1 heterocycles. The van der Waals surface area contributed by atoms with E-state index < -0.39 is 4.92 Å². The van der Waals surface area contributed by atoms with Crippen molar-refractivity contribution in [1.29, 1.82) is 0 Å². The molecule has 0 radical (unpaired) electrons. The fraction of sp³-hybridized carbons (Fsp3) is 0.727. The summed E-state index contributed by atoms with van der Waals surface area (Å²) in [5.41, 5.74) is 3.27. The minimum atomic E-state index is -0.594. The normalized spacial score (nSPS) is 36.1. The Kier molecular flexibility index (Phi) is 4.51. The molecular formula is C22H29N3O4. The predicted molar refractivity (Wildman–Crippen MR) is 107 cm³/mol. The largest absolute Gasteiger partial charge is 0.433 e. The summed E-state index contributed by atoms with van der Waals surface area (Å²) in [4.78, 5) is 22.8. The van der Waals surface area contributed by atoms with Crippen LogP contribution in [0.3, 0.4) is 0 Å². The molecule has 156 valence electrons. The van der Waals surface area contributed by atoms with E-state index in [9.17, 15) is 14.9 Å². The Morgan fingerprint density at radius 1 is 1.24 bits per heavy atom. The zero-order valence-electron chi connectivity index (χ0n) is 16.8. The second kappa shape index (κ2) is 6.96. The first-order valence-electron chi connectivity index (χ1n) is 11.0. The first kappa shape index (κ1) is 18.8. The number of hydrogen-bond donors (Lipinski definition) is 1. The van der Waals surface area contributed by atoms with Gasteiger partial charge in [0.05, 0.1) is 12.3 Å². The van der Waals surface area contributed by atoms with Gasteiger partial charge in [-0.15, -0.1) is 0 Å². The molecule has 0 saturated heterocycles. The summed E-state index contributed by atoms with van der Waals surface area (Å²) in [6.07, 6.45) is 15.2. The molecule has 5 fully saturated rings. The maximum atomic E-state index is 12.7. The molecule has 6 rings (SSSR count). The van der Waals surface area contributed by atoms with Gasteiger partial charge in [0, 0.05) is 6.42 Å². The van der Waals surface area contributed by atoms with Gasteiger partial charge in [-0.2, -0.15) is 5.10 Å². The number of amides is 1. The Balaban J connectivity index is 1.24. The third-order valence-corrected chi connectivity index (χ3v) is 8.16. The first-order chi connectivity index (χ1) is 14.0. The Hall–Kier alpha value is -2.18. The average Bonchev–Trinajstić information content (AvgIpc) is 3.32.